The Morgan fingerprint density at radius 3 is 2.36 bits per heavy atom. The van der Waals surface area contributed by atoms with E-state index in [2.05, 4.69) is 33.0 Å². The fourth-order valence-electron chi connectivity index (χ4n) is 1.28. The first-order valence-corrected chi connectivity index (χ1v) is 5.60. The first-order valence-electron chi connectivity index (χ1n) is 4.55. The summed E-state index contributed by atoms with van der Waals surface area (Å²) in [5, 5.41) is 4.22. The van der Waals surface area contributed by atoms with Gasteiger partial charge in [-0.1, -0.05) is 20.8 Å². The molecule has 2 unspecified atom stereocenters. The molecule has 0 bridgehead atoms. The van der Waals surface area contributed by atoms with E-state index in [9.17, 15) is 0 Å². The van der Waals surface area contributed by atoms with Crippen molar-refractivity contribution in [2.45, 2.75) is 45.4 Å². The molecule has 0 heterocycles. The van der Waals surface area contributed by atoms with Gasteiger partial charge in [0.15, 0.2) is 0 Å². The third-order valence-corrected chi connectivity index (χ3v) is 2.78. The summed E-state index contributed by atoms with van der Waals surface area (Å²) in [5.41, 5.74) is 0. The number of hydrogen-bond donors (Lipinski definition) is 1. The molecule has 0 saturated heterocycles. The van der Waals surface area contributed by atoms with Gasteiger partial charge in [0, 0.05) is 11.3 Å². The highest BCUT2D eigenvalue weighted by molar-refractivity contribution is 7.99. The lowest BCUT2D eigenvalue weighted by Gasteiger charge is -2.16. The molecule has 0 aromatic heterocycles. The molecule has 1 nitrogen and oxygen atoms in total. The van der Waals surface area contributed by atoms with Gasteiger partial charge in [-0.25, -0.2) is 0 Å². The molecule has 0 rings (SSSR count). The monoisotopic (exact) mass is 175 g/mol. The molecule has 0 spiro atoms. The van der Waals surface area contributed by atoms with Gasteiger partial charge in [-0.15, -0.1) is 0 Å². The minimum atomic E-state index is 0.675. The summed E-state index contributed by atoms with van der Waals surface area (Å²) < 4.78 is 0. The Labute approximate surface area is 75.3 Å². The van der Waals surface area contributed by atoms with Crippen molar-refractivity contribution in [3.8, 4) is 0 Å². The second-order valence-electron chi connectivity index (χ2n) is 2.96. The van der Waals surface area contributed by atoms with Gasteiger partial charge in [0.1, 0.15) is 0 Å². The molecule has 2 heteroatoms. The third kappa shape index (κ3) is 6.70. The smallest absolute Gasteiger partial charge is 0.00490 e. The Morgan fingerprint density at radius 1 is 1.27 bits per heavy atom. The number of thioether (sulfide) groups is 1. The van der Waals surface area contributed by atoms with E-state index in [4.69, 9.17) is 0 Å². The Kier molecular flexibility index (Phi) is 7.18. The molecule has 0 aliphatic heterocycles. The molecule has 0 amide bonds. The van der Waals surface area contributed by atoms with Gasteiger partial charge in [0.25, 0.3) is 0 Å². The molecule has 0 aliphatic rings. The topological polar surface area (TPSA) is 12.0 Å². The van der Waals surface area contributed by atoms with Gasteiger partial charge in [-0.3, -0.25) is 0 Å². The summed E-state index contributed by atoms with van der Waals surface area (Å²) in [4.78, 5) is 0. The van der Waals surface area contributed by atoms with Crippen LogP contribution >= 0.6 is 11.8 Å². The summed E-state index contributed by atoms with van der Waals surface area (Å²) in [5.74, 6) is 1.24. The molecule has 2 atom stereocenters. The van der Waals surface area contributed by atoms with Crippen molar-refractivity contribution in [1.29, 1.82) is 0 Å². The first-order chi connectivity index (χ1) is 5.20. The minimum absolute atomic E-state index is 0.675. The number of nitrogens with one attached hydrogen (secondary N) is 1. The second-order valence-corrected chi connectivity index (χ2v) is 4.68. The molecule has 1 N–H and O–H groups in total. The van der Waals surface area contributed by atoms with Crippen molar-refractivity contribution in [1.82, 2.24) is 5.32 Å². The fourth-order valence-corrected chi connectivity index (χ4v) is 2.28. The minimum Gasteiger partial charge on any atom is -0.314 e. The number of hydrogen-bond acceptors (Lipinski definition) is 2. The van der Waals surface area contributed by atoms with Crippen molar-refractivity contribution in [3.63, 3.8) is 0 Å². The molecule has 0 saturated carbocycles. The van der Waals surface area contributed by atoms with Crippen molar-refractivity contribution in [2.75, 3.05) is 12.3 Å². The molecular formula is C9H21NS. The van der Waals surface area contributed by atoms with E-state index in [0.717, 1.165) is 11.8 Å². The SMILES string of the molecule is CCNC(C)CC(C)SCC. The fraction of sp³-hybridized carbons (Fsp3) is 1.00. The zero-order valence-electron chi connectivity index (χ0n) is 8.18. The zero-order chi connectivity index (χ0) is 8.69. The van der Waals surface area contributed by atoms with E-state index in [-0.39, 0.29) is 0 Å². The van der Waals surface area contributed by atoms with Crippen LogP contribution in [0.4, 0.5) is 0 Å². The van der Waals surface area contributed by atoms with Gasteiger partial charge < -0.3 is 5.32 Å². The van der Waals surface area contributed by atoms with Gasteiger partial charge >= 0.3 is 0 Å². The maximum Gasteiger partial charge on any atom is 0.00490 e. The molecule has 0 radical (unpaired) electrons. The summed E-state index contributed by atoms with van der Waals surface area (Å²) in [6.07, 6.45) is 1.28. The average molecular weight is 175 g/mol. The van der Waals surface area contributed by atoms with Gasteiger partial charge in [0.2, 0.25) is 0 Å². The molecule has 11 heavy (non-hydrogen) atoms. The Balaban J connectivity index is 3.32. The van der Waals surface area contributed by atoms with E-state index in [0.29, 0.717) is 6.04 Å². The lowest BCUT2D eigenvalue weighted by molar-refractivity contribution is 0.530. The van der Waals surface area contributed by atoms with Crippen LogP contribution in [0.5, 0.6) is 0 Å². The van der Waals surface area contributed by atoms with Crippen molar-refractivity contribution in [3.05, 3.63) is 0 Å². The van der Waals surface area contributed by atoms with Crippen LogP contribution in [0.1, 0.15) is 34.1 Å². The summed E-state index contributed by atoms with van der Waals surface area (Å²) >= 11 is 2.05. The van der Waals surface area contributed by atoms with Gasteiger partial charge in [-0.05, 0) is 25.6 Å². The highest BCUT2D eigenvalue weighted by atomic mass is 32.2. The van der Waals surface area contributed by atoms with Crippen LogP contribution in [-0.4, -0.2) is 23.6 Å². The Morgan fingerprint density at radius 2 is 1.91 bits per heavy atom. The van der Waals surface area contributed by atoms with Crippen LogP contribution in [0.2, 0.25) is 0 Å². The largest absolute Gasteiger partial charge is 0.314 e. The summed E-state index contributed by atoms with van der Waals surface area (Å²) in [6, 6.07) is 0.675. The molecule has 0 aliphatic carbocycles. The lowest BCUT2D eigenvalue weighted by atomic mass is 10.2. The van der Waals surface area contributed by atoms with Crippen LogP contribution in [0.3, 0.4) is 0 Å². The van der Waals surface area contributed by atoms with E-state index in [1.54, 1.807) is 0 Å². The first kappa shape index (κ1) is 11.3. The summed E-state index contributed by atoms with van der Waals surface area (Å²) in [6.45, 7) is 10.0. The van der Waals surface area contributed by atoms with Crippen molar-refractivity contribution >= 4 is 11.8 Å². The van der Waals surface area contributed by atoms with Crippen LogP contribution in [0.15, 0.2) is 0 Å². The molecule has 0 fully saturated rings. The van der Waals surface area contributed by atoms with E-state index in [1.807, 2.05) is 11.8 Å². The molecule has 0 aromatic rings. The van der Waals surface area contributed by atoms with Gasteiger partial charge in [-0.2, -0.15) is 11.8 Å². The zero-order valence-corrected chi connectivity index (χ0v) is 9.00. The predicted molar refractivity (Wildman–Crippen MR) is 55.3 cm³/mol. The van der Waals surface area contributed by atoms with E-state index in [1.165, 1.54) is 12.2 Å². The normalized spacial score (nSPS) is 16.4. The summed E-state index contributed by atoms with van der Waals surface area (Å²) in [7, 11) is 0. The molecule has 68 valence electrons. The number of rotatable bonds is 6. The second kappa shape index (κ2) is 6.99. The van der Waals surface area contributed by atoms with E-state index >= 15 is 0 Å². The van der Waals surface area contributed by atoms with Crippen molar-refractivity contribution < 1.29 is 0 Å². The van der Waals surface area contributed by atoms with Crippen LogP contribution in [-0.2, 0) is 0 Å². The maximum atomic E-state index is 3.42. The molecule has 0 aromatic carbocycles. The van der Waals surface area contributed by atoms with Crippen molar-refractivity contribution in [2.24, 2.45) is 0 Å². The lowest BCUT2D eigenvalue weighted by Crippen LogP contribution is -2.28. The highest BCUT2D eigenvalue weighted by Crippen LogP contribution is 2.14. The van der Waals surface area contributed by atoms with Crippen LogP contribution in [0, 0.1) is 0 Å². The van der Waals surface area contributed by atoms with E-state index < -0.39 is 0 Å². The average Bonchev–Trinajstić information content (AvgIpc) is 1.87. The Hall–Kier alpha value is 0.310. The predicted octanol–water partition coefficient (Wildman–Crippen LogP) is 2.52. The van der Waals surface area contributed by atoms with Gasteiger partial charge in [0.05, 0.1) is 0 Å². The highest BCUT2D eigenvalue weighted by Gasteiger charge is 2.06. The standard InChI is InChI=1S/C9H21NS/c1-5-10-8(3)7-9(4)11-6-2/h8-10H,5-7H2,1-4H3. The quantitative estimate of drug-likeness (QED) is 0.666. The van der Waals surface area contributed by atoms with Crippen LogP contribution in [0.25, 0.3) is 0 Å². The van der Waals surface area contributed by atoms with Crippen LogP contribution < -0.4 is 5.32 Å². The maximum absolute atomic E-state index is 3.42. The third-order valence-electron chi connectivity index (χ3n) is 1.69. The Bertz CT molecular complexity index is 75.6. The molecular weight excluding hydrogens is 154 g/mol.